The fourth-order valence-corrected chi connectivity index (χ4v) is 3.19. The molecule has 1 aliphatic heterocycles. The largest absolute Gasteiger partial charge is 0.330 e. The van der Waals surface area contributed by atoms with Gasteiger partial charge in [-0.05, 0) is 55.0 Å². The summed E-state index contributed by atoms with van der Waals surface area (Å²) in [5.74, 6) is 1.26. The van der Waals surface area contributed by atoms with Crippen LogP contribution in [0.2, 0.25) is 0 Å². The van der Waals surface area contributed by atoms with Gasteiger partial charge in [0.1, 0.15) is 0 Å². The van der Waals surface area contributed by atoms with Crippen molar-refractivity contribution in [1.29, 1.82) is 0 Å². The lowest BCUT2D eigenvalue weighted by atomic mass is 9.87. The maximum atomic E-state index is 5.83. The first-order valence-electron chi connectivity index (χ1n) is 6.41. The van der Waals surface area contributed by atoms with Gasteiger partial charge in [0.05, 0.1) is 0 Å². The molecular weight excluding hydrogens is 196 g/mol. The maximum Gasteiger partial charge on any atom is 0.00239 e. The fraction of sp³-hybridized carbons (Fsp3) is 0.571. The molecule has 2 unspecified atom stereocenters. The van der Waals surface area contributed by atoms with Gasteiger partial charge < -0.3 is 11.1 Å². The number of fused-ring (bicyclic) bond motifs is 1. The van der Waals surface area contributed by atoms with E-state index in [0.717, 1.165) is 19.6 Å². The summed E-state index contributed by atoms with van der Waals surface area (Å²) >= 11 is 0. The van der Waals surface area contributed by atoms with Crippen LogP contribution in [0.5, 0.6) is 0 Å². The highest BCUT2D eigenvalue weighted by Gasteiger charge is 2.27. The van der Waals surface area contributed by atoms with E-state index >= 15 is 0 Å². The van der Waals surface area contributed by atoms with E-state index in [1.165, 1.54) is 24.8 Å². The Morgan fingerprint density at radius 3 is 2.94 bits per heavy atom. The summed E-state index contributed by atoms with van der Waals surface area (Å²) in [6, 6.07) is 7.09. The SMILES string of the molecule is NCC1CNCC1c1ccc2c(c1)CCC2. The van der Waals surface area contributed by atoms with Crippen molar-refractivity contribution < 1.29 is 0 Å². The molecule has 0 radical (unpaired) electrons. The molecule has 86 valence electrons. The third kappa shape index (κ3) is 1.66. The molecule has 3 N–H and O–H groups in total. The highest BCUT2D eigenvalue weighted by Crippen LogP contribution is 2.31. The topological polar surface area (TPSA) is 38.0 Å². The van der Waals surface area contributed by atoms with Crippen LogP contribution in [0.3, 0.4) is 0 Å². The number of rotatable bonds is 2. The molecule has 1 heterocycles. The van der Waals surface area contributed by atoms with E-state index in [2.05, 4.69) is 23.5 Å². The first kappa shape index (κ1) is 10.3. The van der Waals surface area contributed by atoms with Crippen LogP contribution in [0.25, 0.3) is 0 Å². The van der Waals surface area contributed by atoms with Crippen LogP contribution < -0.4 is 11.1 Å². The number of nitrogens with one attached hydrogen (secondary N) is 1. The van der Waals surface area contributed by atoms with E-state index in [-0.39, 0.29) is 0 Å². The summed E-state index contributed by atoms with van der Waals surface area (Å²) in [6.07, 6.45) is 3.89. The molecule has 0 spiro atoms. The van der Waals surface area contributed by atoms with Crippen molar-refractivity contribution in [2.45, 2.75) is 25.2 Å². The molecule has 0 bridgehead atoms. The molecule has 0 aromatic heterocycles. The van der Waals surface area contributed by atoms with E-state index < -0.39 is 0 Å². The molecule has 1 saturated heterocycles. The predicted octanol–water partition coefficient (Wildman–Crippen LogP) is 1.44. The molecular formula is C14H20N2. The third-order valence-electron chi connectivity index (χ3n) is 4.19. The minimum Gasteiger partial charge on any atom is -0.330 e. The van der Waals surface area contributed by atoms with E-state index in [1.807, 2.05) is 0 Å². The molecule has 2 heteroatoms. The van der Waals surface area contributed by atoms with Crippen LogP contribution in [0.15, 0.2) is 18.2 Å². The monoisotopic (exact) mass is 216 g/mol. The minimum atomic E-state index is 0.624. The van der Waals surface area contributed by atoms with Crippen LogP contribution in [0, 0.1) is 5.92 Å². The molecule has 2 aliphatic rings. The molecule has 2 nitrogen and oxygen atoms in total. The molecule has 1 aromatic rings. The van der Waals surface area contributed by atoms with Crippen LogP contribution in [-0.2, 0) is 12.8 Å². The summed E-state index contributed by atoms with van der Waals surface area (Å²) in [5, 5.41) is 3.46. The molecule has 0 amide bonds. The van der Waals surface area contributed by atoms with Crippen LogP contribution >= 0.6 is 0 Å². The van der Waals surface area contributed by atoms with Gasteiger partial charge in [-0.3, -0.25) is 0 Å². The van der Waals surface area contributed by atoms with E-state index in [4.69, 9.17) is 5.73 Å². The van der Waals surface area contributed by atoms with Gasteiger partial charge in [0.2, 0.25) is 0 Å². The number of nitrogens with two attached hydrogens (primary N) is 1. The molecule has 1 aromatic carbocycles. The number of benzene rings is 1. The Morgan fingerprint density at radius 2 is 2.06 bits per heavy atom. The van der Waals surface area contributed by atoms with Gasteiger partial charge in [-0.1, -0.05) is 18.2 Å². The molecule has 16 heavy (non-hydrogen) atoms. The Bertz CT molecular complexity index is 386. The Morgan fingerprint density at radius 1 is 1.19 bits per heavy atom. The lowest BCUT2D eigenvalue weighted by Crippen LogP contribution is -2.21. The van der Waals surface area contributed by atoms with Crippen LogP contribution in [0.1, 0.15) is 29.0 Å². The lowest BCUT2D eigenvalue weighted by molar-refractivity contribution is 0.530. The van der Waals surface area contributed by atoms with E-state index in [9.17, 15) is 0 Å². The van der Waals surface area contributed by atoms with Gasteiger partial charge in [-0.25, -0.2) is 0 Å². The first-order chi connectivity index (χ1) is 7.88. The Kier molecular flexibility index (Phi) is 2.70. The van der Waals surface area contributed by atoms with E-state index in [1.54, 1.807) is 11.1 Å². The number of hydrogen-bond donors (Lipinski definition) is 2. The van der Waals surface area contributed by atoms with Gasteiger partial charge in [0.25, 0.3) is 0 Å². The Balaban J connectivity index is 1.89. The van der Waals surface area contributed by atoms with Crippen LogP contribution in [-0.4, -0.2) is 19.6 Å². The summed E-state index contributed by atoms with van der Waals surface area (Å²) in [6.45, 7) is 2.98. The minimum absolute atomic E-state index is 0.624. The van der Waals surface area contributed by atoms with Crippen molar-refractivity contribution >= 4 is 0 Å². The first-order valence-corrected chi connectivity index (χ1v) is 6.41. The summed E-state index contributed by atoms with van der Waals surface area (Å²) < 4.78 is 0. The molecule has 1 fully saturated rings. The van der Waals surface area contributed by atoms with Crippen molar-refractivity contribution in [3.8, 4) is 0 Å². The standard InChI is InChI=1S/C14H20N2/c15-7-13-8-16-9-14(13)12-5-4-10-2-1-3-11(10)6-12/h4-6,13-14,16H,1-3,7-9,15H2. The molecule has 3 rings (SSSR count). The van der Waals surface area contributed by atoms with Gasteiger partial charge in [0.15, 0.2) is 0 Å². The predicted molar refractivity (Wildman–Crippen MR) is 66.6 cm³/mol. The van der Waals surface area contributed by atoms with Crippen molar-refractivity contribution in [2.24, 2.45) is 11.7 Å². The van der Waals surface area contributed by atoms with Crippen LogP contribution in [0.4, 0.5) is 0 Å². The maximum absolute atomic E-state index is 5.83. The second-order valence-corrected chi connectivity index (χ2v) is 5.14. The normalized spacial score (nSPS) is 28.3. The summed E-state index contributed by atoms with van der Waals surface area (Å²) in [5.41, 5.74) is 10.5. The smallest absolute Gasteiger partial charge is 0.00239 e. The summed E-state index contributed by atoms with van der Waals surface area (Å²) in [4.78, 5) is 0. The third-order valence-corrected chi connectivity index (χ3v) is 4.19. The van der Waals surface area contributed by atoms with Gasteiger partial charge in [-0.2, -0.15) is 0 Å². The van der Waals surface area contributed by atoms with Gasteiger partial charge in [0, 0.05) is 12.5 Å². The zero-order chi connectivity index (χ0) is 11.0. The van der Waals surface area contributed by atoms with Crippen molar-refractivity contribution in [3.05, 3.63) is 34.9 Å². The molecule has 0 saturated carbocycles. The second kappa shape index (κ2) is 4.19. The summed E-state index contributed by atoms with van der Waals surface area (Å²) in [7, 11) is 0. The highest BCUT2D eigenvalue weighted by atomic mass is 14.9. The Hall–Kier alpha value is -0.860. The fourth-order valence-electron chi connectivity index (χ4n) is 3.19. The lowest BCUT2D eigenvalue weighted by Gasteiger charge is -2.18. The van der Waals surface area contributed by atoms with E-state index in [0.29, 0.717) is 11.8 Å². The zero-order valence-corrected chi connectivity index (χ0v) is 9.71. The highest BCUT2D eigenvalue weighted by molar-refractivity contribution is 5.37. The average Bonchev–Trinajstić information content (AvgIpc) is 2.96. The molecule has 2 atom stereocenters. The van der Waals surface area contributed by atoms with Gasteiger partial charge >= 0.3 is 0 Å². The Labute approximate surface area is 97.2 Å². The molecule has 1 aliphatic carbocycles. The van der Waals surface area contributed by atoms with Crippen molar-refractivity contribution in [2.75, 3.05) is 19.6 Å². The van der Waals surface area contributed by atoms with Crippen molar-refractivity contribution in [3.63, 3.8) is 0 Å². The van der Waals surface area contributed by atoms with Gasteiger partial charge in [-0.15, -0.1) is 0 Å². The van der Waals surface area contributed by atoms with Crippen molar-refractivity contribution in [1.82, 2.24) is 5.32 Å². The second-order valence-electron chi connectivity index (χ2n) is 5.14. The average molecular weight is 216 g/mol. The number of hydrogen-bond acceptors (Lipinski definition) is 2. The number of aryl methyl sites for hydroxylation is 2. The zero-order valence-electron chi connectivity index (χ0n) is 9.71. The quantitative estimate of drug-likeness (QED) is 0.785.